The smallest absolute Gasteiger partial charge is 0.305 e. The summed E-state index contributed by atoms with van der Waals surface area (Å²) in [5.74, 6) is -0.0884. The van der Waals surface area contributed by atoms with Gasteiger partial charge in [-0.15, -0.1) is 0 Å². The number of rotatable bonds is 11. The SMILES string of the molecule is CCOC(=O)CCCCCNCC(C)(C)CCO. The van der Waals surface area contributed by atoms with Crippen LogP contribution in [0, 0.1) is 5.41 Å². The Labute approximate surface area is 111 Å². The fraction of sp³-hybridized carbons (Fsp3) is 0.929. The maximum atomic E-state index is 11.1. The van der Waals surface area contributed by atoms with Crippen LogP contribution in [0.1, 0.15) is 52.9 Å². The van der Waals surface area contributed by atoms with Gasteiger partial charge in [0.15, 0.2) is 0 Å². The summed E-state index contributed by atoms with van der Waals surface area (Å²) in [4.78, 5) is 11.1. The van der Waals surface area contributed by atoms with Gasteiger partial charge in [-0.1, -0.05) is 20.3 Å². The molecule has 0 fully saturated rings. The van der Waals surface area contributed by atoms with Crippen molar-refractivity contribution in [3.63, 3.8) is 0 Å². The molecule has 0 aromatic carbocycles. The molecule has 0 aromatic rings. The Hall–Kier alpha value is -0.610. The number of aliphatic hydroxyl groups is 1. The maximum Gasteiger partial charge on any atom is 0.305 e. The summed E-state index contributed by atoms with van der Waals surface area (Å²) in [7, 11) is 0. The lowest BCUT2D eigenvalue weighted by Crippen LogP contribution is -2.30. The first-order chi connectivity index (χ1) is 8.52. The van der Waals surface area contributed by atoms with E-state index in [1.54, 1.807) is 0 Å². The van der Waals surface area contributed by atoms with E-state index >= 15 is 0 Å². The summed E-state index contributed by atoms with van der Waals surface area (Å²) in [6, 6.07) is 0. The number of hydrogen-bond acceptors (Lipinski definition) is 4. The van der Waals surface area contributed by atoms with E-state index in [0.29, 0.717) is 13.0 Å². The minimum Gasteiger partial charge on any atom is -0.466 e. The zero-order chi connectivity index (χ0) is 13.9. The molecule has 0 amide bonds. The fourth-order valence-electron chi connectivity index (χ4n) is 1.75. The first-order valence-corrected chi connectivity index (χ1v) is 6.99. The zero-order valence-corrected chi connectivity index (χ0v) is 12.1. The van der Waals surface area contributed by atoms with E-state index in [0.717, 1.165) is 38.8 Å². The summed E-state index contributed by atoms with van der Waals surface area (Å²) >= 11 is 0. The normalized spacial score (nSPS) is 11.6. The Bertz CT molecular complexity index is 217. The third kappa shape index (κ3) is 10.5. The monoisotopic (exact) mass is 259 g/mol. The highest BCUT2D eigenvalue weighted by Crippen LogP contribution is 2.17. The van der Waals surface area contributed by atoms with Gasteiger partial charge in [0.25, 0.3) is 0 Å². The molecule has 2 N–H and O–H groups in total. The van der Waals surface area contributed by atoms with Gasteiger partial charge in [0, 0.05) is 19.6 Å². The van der Waals surface area contributed by atoms with E-state index in [9.17, 15) is 4.79 Å². The first kappa shape index (κ1) is 17.4. The van der Waals surface area contributed by atoms with Gasteiger partial charge in [0.1, 0.15) is 0 Å². The van der Waals surface area contributed by atoms with Gasteiger partial charge >= 0.3 is 5.97 Å². The standard InChI is InChI=1S/C14H29NO3/c1-4-18-13(17)8-6-5-7-10-15-12-14(2,3)9-11-16/h15-16H,4-12H2,1-3H3. The number of carbonyl (C=O) groups is 1. The number of unbranched alkanes of at least 4 members (excludes halogenated alkanes) is 2. The molecule has 0 unspecified atom stereocenters. The number of nitrogens with one attached hydrogen (secondary N) is 1. The van der Waals surface area contributed by atoms with E-state index in [4.69, 9.17) is 9.84 Å². The number of carbonyl (C=O) groups excluding carboxylic acids is 1. The molecule has 0 saturated carbocycles. The van der Waals surface area contributed by atoms with Crippen LogP contribution in [0.2, 0.25) is 0 Å². The minimum atomic E-state index is -0.0884. The fourth-order valence-corrected chi connectivity index (χ4v) is 1.75. The van der Waals surface area contributed by atoms with Crippen LogP contribution in [0.3, 0.4) is 0 Å². The average molecular weight is 259 g/mol. The zero-order valence-electron chi connectivity index (χ0n) is 12.1. The average Bonchev–Trinajstić information content (AvgIpc) is 2.28. The quantitative estimate of drug-likeness (QED) is 0.441. The van der Waals surface area contributed by atoms with Gasteiger partial charge in [-0.25, -0.2) is 0 Å². The molecule has 18 heavy (non-hydrogen) atoms. The number of ether oxygens (including phenoxy) is 1. The molecule has 0 aromatic heterocycles. The number of hydrogen-bond donors (Lipinski definition) is 2. The highest BCUT2D eigenvalue weighted by molar-refractivity contribution is 5.69. The lowest BCUT2D eigenvalue weighted by Gasteiger charge is -2.23. The van der Waals surface area contributed by atoms with Gasteiger partial charge < -0.3 is 15.2 Å². The topological polar surface area (TPSA) is 58.6 Å². The van der Waals surface area contributed by atoms with Crippen LogP contribution in [-0.4, -0.2) is 37.4 Å². The number of aliphatic hydroxyl groups excluding tert-OH is 1. The Morgan fingerprint density at radius 1 is 1.28 bits per heavy atom. The van der Waals surface area contributed by atoms with Gasteiger partial charge in [-0.3, -0.25) is 4.79 Å². The molecule has 4 nitrogen and oxygen atoms in total. The van der Waals surface area contributed by atoms with Crippen LogP contribution in [0.5, 0.6) is 0 Å². The van der Waals surface area contributed by atoms with Crippen LogP contribution in [0.15, 0.2) is 0 Å². The van der Waals surface area contributed by atoms with Crippen LogP contribution in [0.25, 0.3) is 0 Å². The predicted molar refractivity (Wildman–Crippen MR) is 73.5 cm³/mol. The van der Waals surface area contributed by atoms with Crippen molar-refractivity contribution in [3.8, 4) is 0 Å². The molecule has 0 aliphatic heterocycles. The molecule has 4 heteroatoms. The van der Waals surface area contributed by atoms with Gasteiger partial charge in [-0.05, 0) is 38.1 Å². The molecule has 0 radical (unpaired) electrons. The molecule has 0 bridgehead atoms. The van der Waals surface area contributed by atoms with Crippen LogP contribution >= 0.6 is 0 Å². The van der Waals surface area contributed by atoms with Crippen molar-refractivity contribution in [2.75, 3.05) is 26.3 Å². The van der Waals surface area contributed by atoms with Crippen molar-refractivity contribution < 1.29 is 14.6 Å². The molecule has 0 rings (SSSR count). The van der Waals surface area contributed by atoms with Crippen molar-refractivity contribution in [2.45, 2.75) is 52.9 Å². The van der Waals surface area contributed by atoms with E-state index < -0.39 is 0 Å². The first-order valence-electron chi connectivity index (χ1n) is 6.99. The van der Waals surface area contributed by atoms with E-state index in [1.165, 1.54) is 0 Å². The Morgan fingerprint density at radius 3 is 2.61 bits per heavy atom. The molecular weight excluding hydrogens is 230 g/mol. The Kier molecular flexibility index (Phi) is 9.98. The highest BCUT2D eigenvalue weighted by Gasteiger charge is 2.15. The summed E-state index contributed by atoms with van der Waals surface area (Å²) < 4.78 is 4.86. The van der Waals surface area contributed by atoms with Crippen molar-refractivity contribution >= 4 is 5.97 Å². The maximum absolute atomic E-state index is 11.1. The second-order valence-electron chi connectivity index (χ2n) is 5.43. The molecule has 0 saturated heterocycles. The third-order valence-electron chi connectivity index (χ3n) is 2.93. The van der Waals surface area contributed by atoms with Crippen LogP contribution < -0.4 is 5.32 Å². The van der Waals surface area contributed by atoms with Gasteiger partial charge in [-0.2, -0.15) is 0 Å². The third-order valence-corrected chi connectivity index (χ3v) is 2.93. The van der Waals surface area contributed by atoms with Gasteiger partial charge in [0.2, 0.25) is 0 Å². The molecule has 0 aliphatic rings. The van der Waals surface area contributed by atoms with Crippen molar-refractivity contribution in [3.05, 3.63) is 0 Å². The lowest BCUT2D eigenvalue weighted by molar-refractivity contribution is -0.143. The lowest BCUT2D eigenvalue weighted by atomic mass is 9.90. The molecule has 0 heterocycles. The van der Waals surface area contributed by atoms with E-state index in [1.807, 2.05) is 6.92 Å². The predicted octanol–water partition coefficient (Wildman–Crippen LogP) is 2.11. The summed E-state index contributed by atoms with van der Waals surface area (Å²) in [6.45, 7) is 8.74. The molecular formula is C14H29NO3. The van der Waals surface area contributed by atoms with Crippen molar-refractivity contribution in [1.82, 2.24) is 5.32 Å². The largest absolute Gasteiger partial charge is 0.466 e. The molecule has 0 atom stereocenters. The van der Waals surface area contributed by atoms with Gasteiger partial charge in [0.05, 0.1) is 6.61 Å². The Morgan fingerprint density at radius 2 is 2.00 bits per heavy atom. The highest BCUT2D eigenvalue weighted by atomic mass is 16.5. The van der Waals surface area contributed by atoms with Crippen molar-refractivity contribution in [2.24, 2.45) is 5.41 Å². The molecule has 0 spiro atoms. The summed E-state index contributed by atoms with van der Waals surface area (Å²) in [5, 5.41) is 12.3. The molecule has 108 valence electrons. The van der Waals surface area contributed by atoms with Crippen LogP contribution in [0.4, 0.5) is 0 Å². The summed E-state index contributed by atoms with van der Waals surface area (Å²) in [6.07, 6.45) is 4.38. The molecule has 0 aliphatic carbocycles. The van der Waals surface area contributed by atoms with E-state index in [-0.39, 0.29) is 18.0 Å². The van der Waals surface area contributed by atoms with E-state index in [2.05, 4.69) is 19.2 Å². The second kappa shape index (κ2) is 10.3. The number of esters is 1. The second-order valence-corrected chi connectivity index (χ2v) is 5.43. The van der Waals surface area contributed by atoms with Crippen LogP contribution in [-0.2, 0) is 9.53 Å². The Balaban J connectivity index is 3.33. The van der Waals surface area contributed by atoms with Crippen molar-refractivity contribution in [1.29, 1.82) is 0 Å². The minimum absolute atomic E-state index is 0.0884. The summed E-state index contributed by atoms with van der Waals surface area (Å²) in [5.41, 5.74) is 0.152.